The Bertz CT molecular complexity index is 719. The molecule has 0 aromatic carbocycles. The van der Waals surface area contributed by atoms with Gasteiger partial charge < -0.3 is 10.1 Å². The highest BCUT2D eigenvalue weighted by Gasteiger charge is 2.22. The highest BCUT2D eigenvalue weighted by molar-refractivity contribution is 5.98. The van der Waals surface area contributed by atoms with Crippen LogP contribution in [0.5, 0.6) is 0 Å². The number of hydrogen-bond acceptors (Lipinski definition) is 5. The Balaban J connectivity index is 1.30. The average molecular weight is 342 g/mol. The van der Waals surface area contributed by atoms with E-state index in [2.05, 4.69) is 25.7 Å². The Labute approximate surface area is 146 Å². The minimum Gasteiger partial charge on any atom is -0.381 e. The lowest BCUT2D eigenvalue weighted by Crippen LogP contribution is -2.22. The van der Waals surface area contributed by atoms with Crippen molar-refractivity contribution in [3.8, 4) is 0 Å². The first-order valence-electron chi connectivity index (χ1n) is 8.78. The zero-order chi connectivity index (χ0) is 17.1. The van der Waals surface area contributed by atoms with Crippen LogP contribution >= 0.6 is 0 Å². The molecule has 0 unspecified atom stereocenters. The number of urea groups is 1. The van der Waals surface area contributed by atoms with Gasteiger partial charge in [-0.3, -0.25) is 10.00 Å². The second-order valence-corrected chi connectivity index (χ2v) is 6.64. The van der Waals surface area contributed by atoms with Gasteiger partial charge in [0, 0.05) is 31.9 Å². The summed E-state index contributed by atoms with van der Waals surface area (Å²) in [4.78, 5) is 20.7. The molecule has 4 rings (SSSR count). The topological polar surface area (TPSA) is 94.0 Å². The van der Waals surface area contributed by atoms with E-state index in [1.807, 2.05) is 10.9 Å². The molecule has 3 heterocycles. The van der Waals surface area contributed by atoms with Crippen LogP contribution < -0.4 is 10.6 Å². The minimum atomic E-state index is -0.351. The number of ether oxygens (including phenoxy) is 1. The Morgan fingerprint density at radius 2 is 1.92 bits per heavy atom. The van der Waals surface area contributed by atoms with Crippen LogP contribution in [0.2, 0.25) is 0 Å². The first-order chi connectivity index (χ1) is 12.3. The van der Waals surface area contributed by atoms with Crippen LogP contribution in [0, 0.1) is 5.92 Å². The maximum absolute atomic E-state index is 12.1. The van der Waals surface area contributed by atoms with Crippen molar-refractivity contribution >= 4 is 17.5 Å². The van der Waals surface area contributed by atoms with E-state index < -0.39 is 0 Å². The Kier molecular flexibility index (Phi) is 4.60. The van der Waals surface area contributed by atoms with Crippen molar-refractivity contribution in [1.82, 2.24) is 19.7 Å². The summed E-state index contributed by atoms with van der Waals surface area (Å²) in [6.45, 7) is 1.51. The lowest BCUT2D eigenvalue weighted by atomic mass is 10.1. The first-order valence-corrected chi connectivity index (χ1v) is 8.78. The lowest BCUT2D eigenvalue weighted by Gasteiger charge is -2.22. The molecule has 25 heavy (non-hydrogen) atoms. The number of nitrogens with one attached hydrogen (secondary N) is 2. The van der Waals surface area contributed by atoms with Crippen LogP contribution in [0.4, 0.5) is 16.3 Å². The first kappa shape index (κ1) is 16.0. The van der Waals surface area contributed by atoms with Gasteiger partial charge >= 0.3 is 6.03 Å². The molecule has 2 aromatic heterocycles. The van der Waals surface area contributed by atoms with Gasteiger partial charge in [-0.1, -0.05) is 0 Å². The summed E-state index contributed by atoms with van der Waals surface area (Å²) in [6.07, 6.45) is 10.5. The van der Waals surface area contributed by atoms with Gasteiger partial charge in [-0.15, -0.1) is 0 Å². The number of aromatic nitrogens is 4. The summed E-state index contributed by atoms with van der Waals surface area (Å²) in [7, 11) is 0. The molecule has 0 atom stereocenters. The van der Waals surface area contributed by atoms with E-state index in [0.29, 0.717) is 17.5 Å². The zero-order valence-corrected chi connectivity index (χ0v) is 14.0. The van der Waals surface area contributed by atoms with E-state index in [1.54, 1.807) is 18.5 Å². The van der Waals surface area contributed by atoms with Crippen LogP contribution in [0.15, 0.2) is 24.7 Å². The molecule has 2 N–H and O–H groups in total. The third kappa shape index (κ3) is 4.33. The van der Waals surface area contributed by atoms with E-state index in [9.17, 15) is 4.79 Å². The molecule has 2 amide bonds. The standard InChI is InChI=1S/C17H22N6O2/c24-17(20-13-10-18-16(19-11-13)9-12-1-2-12)21-15-3-6-23(22-15)14-4-7-25-8-5-14/h3,6,10-12,14H,1-2,4-5,7-9H2,(H2,20,21,22,24). The van der Waals surface area contributed by atoms with E-state index >= 15 is 0 Å². The third-order valence-corrected chi connectivity index (χ3v) is 4.55. The number of nitrogens with zero attached hydrogens (tertiary/aromatic N) is 4. The highest BCUT2D eigenvalue weighted by atomic mass is 16.5. The summed E-state index contributed by atoms with van der Waals surface area (Å²) in [5.41, 5.74) is 0.570. The maximum Gasteiger partial charge on any atom is 0.324 e. The fourth-order valence-electron chi connectivity index (χ4n) is 2.94. The van der Waals surface area contributed by atoms with E-state index in [1.165, 1.54) is 12.8 Å². The van der Waals surface area contributed by atoms with Crippen LogP contribution in [-0.4, -0.2) is 39.0 Å². The monoisotopic (exact) mass is 342 g/mol. The summed E-state index contributed by atoms with van der Waals surface area (Å²) in [5.74, 6) is 2.10. The van der Waals surface area contributed by atoms with Crippen molar-refractivity contribution in [3.63, 3.8) is 0 Å². The number of rotatable bonds is 5. The van der Waals surface area contributed by atoms with E-state index in [4.69, 9.17) is 4.74 Å². The van der Waals surface area contributed by atoms with Crippen LogP contribution in [0.3, 0.4) is 0 Å². The fourth-order valence-corrected chi connectivity index (χ4v) is 2.94. The van der Waals surface area contributed by atoms with E-state index in [0.717, 1.165) is 44.2 Å². The van der Waals surface area contributed by atoms with Gasteiger partial charge in [0.25, 0.3) is 0 Å². The van der Waals surface area contributed by atoms with Gasteiger partial charge in [0.1, 0.15) is 5.82 Å². The van der Waals surface area contributed by atoms with Gasteiger partial charge in [-0.2, -0.15) is 5.10 Å². The quantitative estimate of drug-likeness (QED) is 0.871. The molecular weight excluding hydrogens is 320 g/mol. The number of hydrogen-bond donors (Lipinski definition) is 2. The van der Waals surface area contributed by atoms with Gasteiger partial charge in [0.2, 0.25) is 0 Å². The molecule has 1 aliphatic heterocycles. The molecule has 132 valence electrons. The third-order valence-electron chi connectivity index (χ3n) is 4.55. The van der Waals surface area contributed by atoms with Gasteiger partial charge in [-0.25, -0.2) is 14.8 Å². The molecule has 1 saturated heterocycles. The van der Waals surface area contributed by atoms with Crippen molar-refractivity contribution in [2.45, 2.75) is 38.1 Å². The molecule has 0 radical (unpaired) electrons. The molecule has 0 spiro atoms. The smallest absolute Gasteiger partial charge is 0.324 e. The second-order valence-electron chi connectivity index (χ2n) is 6.64. The molecule has 2 aliphatic rings. The summed E-state index contributed by atoms with van der Waals surface area (Å²) in [6, 6.07) is 1.78. The largest absolute Gasteiger partial charge is 0.381 e. The minimum absolute atomic E-state index is 0.333. The maximum atomic E-state index is 12.1. The van der Waals surface area contributed by atoms with Crippen molar-refractivity contribution in [2.24, 2.45) is 5.92 Å². The van der Waals surface area contributed by atoms with E-state index in [-0.39, 0.29) is 6.03 Å². The van der Waals surface area contributed by atoms with Crippen molar-refractivity contribution in [3.05, 3.63) is 30.5 Å². The molecule has 2 fully saturated rings. The molecule has 1 aliphatic carbocycles. The summed E-state index contributed by atoms with van der Waals surface area (Å²) < 4.78 is 7.26. The SMILES string of the molecule is O=C(Nc1cnc(CC2CC2)nc1)Nc1ccn(C2CCOCC2)n1. The normalized spacial score (nSPS) is 18.1. The number of anilines is 2. The van der Waals surface area contributed by atoms with Crippen LogP contribution in [-0.2, 0) is 11.2 Å². The molecule has 8 heteroatoms. The molecule has 0 bridgehead atoms. The fraction of sp³-hybridized carbons (Fsp3) is 0.529. The Morgan fingerprint density at radius 1 is 1.16 bits per heavy atom. The summed E-state index contributed by atoms with van der Waals surface area (Å²) in [5, 5.41) is 9.90. The average Bonchev–Trinajstić information content (AvgIpc) is 3.33. The molecule has 8 nitrogen and oxygen atoms in total. The van der Waals surface area contributed by atoms with Gasteiger partial charge in [0.15, 0.2) is 5.82 Å². The van der Waals surface area contributed by atoms with Gasteiger partial charge in [-0.05, 0) is 31.6 Å². The number of carbonyl (C=O) groups is 1. The number of carbonyl (C=O) groups excluding carboxylic acids is 1. The number of amides is 2. The predicted molar refractivity (Wildman–Crippen MR) is 92.4 cm³/mol. The Morgan fingerprint density at radius 3 is 2.64 bits per heavy atom. The molecular formula is C17H22N6O2. The van der Waals surface area contributed by atoms with Crippen molar-refractivity contribution in [1.29, 1.82) is 0 Å². The molecule has 2 aromatic rings. The lowest BCUT2D eigenvalue weighted by molar-refractivity contribution is 0.0663. The van der Waals surface area contributed by atoms with Crippen LogP contribution in [0.1, 0.15) is 37.5 Å². The second kappa shape index (κ2) is 7.18. The van der Waals surface area contributed by atoms with Crippen molar-refractivity contribution in [2.75, 3.05) is 23.8 Å². The predicted octanol–water partition coefficient (Wildman–Crippen LogP) is 2.62. The summed E-state index contributed by atoms with van der Waals surface area (Å²) >= 11 is 0. The van der Waals surface area contributed by atoms with Gasteiger partial charge in [0.05, 0.1) is 24.1 Å². The van der Waals surface area contributed by atoms with Crippen LogP contribution in [0.25, 0.3) is 0 Å². The zero-order valence-electron chi connectivity index (χ0n) is 14.0. The Hall–Kier alpha value is -2.48. The molecule has 1 saturated carbocycles. The van der Waals surface area contributed by atoms with Crippen molar-refractivity contribution < 1.29 is 9.53 Å². The highest BCUT2D eigenvalue weighted by Crippen LogP contribution is 2.31.